The summed E-state index contributed by atoms with van der Waals surface area (Å²) in [5.41, 5.74) is 4.12. The summed E-state index contributed by atoms with van der Waals surface area (Å²) >= 11 is 0. The molecule has 37 heavy (non-hydrogen) atoms. The number of hydrogen-bond donors (Lipinski definition) is 1. The van der Waals surface area contributed by atoms with Crippen molar-refractivity contribution in [3.05, 3.63) is 102 Å². The Labute approximate surface area is 210 Å². The van der Waals surface area contributed by atoms with E-state index < -0.39 is 17.8 Å². The number of rotatable bonds is 7. The molecule has 1 atom stereocenters. The highest BCUT2D eigenvalue weighted by atomic mass is 19.4. The average molecular weight is 505 g/mol. The summed E-state index contributed by atoms with van der Waals surface area (Å²) in [7, 11) is 0. The lowest BCUT2D eigenvalue weighted by molar-refractivity contribution is -0.137. The van der Waals surface area contributed by atoms with Crippen LogP contribution < -0.4 is 4.74 Å². The Hall–Kier alpha value is -4.24. The third kappa shape index (κ3) is 5.78. The van der Waals surface area contributed by atoms with Gasteiger partial charge < -0.3 is 14.3 Å². The Balaban J connectivity index is 1.19. The van der Waals surface area contributed by atoms with Crippen LogP contribution in [0.4, 0.5) is 13.2 Å². The topological polar surface area (TPSA) is 81.3 Å². The SMILES string of the molecule is Cc1ccc(-c2cnc3nc(C(O)CCc4ccc(Oc5ccc(C(F)(F)F)cn5)cc4)oc3c2)cc1. The van der Waals surface area contributed by atoms with Gasteiger partial charge in [0.1, 0.15) is 11.9 Å². The van der Waals surface area contributed by atoms with Gasteiger partial charge in [0, 0.05) is 24.0 Å². The molecule has 0 aliphatic rings. The van der Waals surface area contributed by atoms with Gasteiger partial charge in [-0.1, -0.05) is 42.0 Å². The highest BCUT2D eigenvalue weighted by Crippen LogP contribution is 2.30. The number of aryl methyl sites for hydroxylation is 2. The van der Waals surface area contributed by atoms with Crippen molar-refractivity contribution in [2.45, 2.75) is 32.0 Å². The van der Waals surface area contributed by atoms with Crippen LogP contribution in [-0.2, 0) is 12.6 Å². The summed E-state index contributed by atoms with van der Waals surface area (Å²) in [6.45, 7) is 2.03. The first-order chi connectivity index (χ1) is 17.7. The summed E-state index contributed by atoms with van der Waals surface area (Å²) in [6.07, 6.45) is -1.98. The first-order valence-electron chi connectivity index (χ1n) is 11.6. The van der Waals surface area contributed by atoms with E-state index in [0.717, 1.165) is 29.0 Å². The molecule has 0 radical (unpaired) electrons. The molecule has 0 bridgehead atoms. The van der Waals surface area contributed by atoms with E-state index in [9.17, 15) is 18.3 Å². The third-order valence-corrected chi connectivity index (χ3v) is 5.85. The van der Waals surface area contributed by atoms with Gasteiger partial charge in [-0.25, -0.2) is 9.97 Å². The maximum Gasteiger partial charge on any atom is 0.417 e. The van der Waals surface area contributed by atoms with Crippen LogP contribution in [0.25, 0.3) is 22.4 Å². The lowest BCUT2D eigenvalue weighted by atomic mass is 10.1. The van der Waals surface area contributed by atoms with Gasteiger partial charge in [-0.15, -0.1) is 0 Å². The first kappa shape index (κ1) is 24.5. The second kappa shape index (κ2) is 10.0. The van der Waals surface area contributed by atoms with E-state index in [-0.39, 0.29) is 11.8 Å². The van der Waals surface area contributed by atoms with Crippen LogP contribution in [0, 0.1) is 6.92 Å². The number of aliphatic hydroxyl groups is 1. The quantitative estimate of drug-likeness (QED) is 0.255. The molecule has 0 spiro atoms. The van der Waals surface area contributed by atoms with Gasteiger partial charge in [-0.3, -0.25) is 0 Å². The molecule has 6 nitrogen and oxygen atoms in total. The summed E-state index contributed by atoms with van der Waals surface area (Å²) < 4.78 is 49.3. The Morgan fingerprint density at radius 3 is 2.35 bits per heavy atom. The van der Waals surface area contributed by atoms with Gasteiger partial charge in [-0.05, 0) is 55.2 Å². The van der Waals surface area contributed by atoms with Crippen LogP contribution in [0.15, 0.2) is 83.5 Å². The van der Waals surface area contributed by atoms with Crippen molar-refractivity contribution >= 4 is 11.2 Å². The zero-order valence-corrected chi connectivity index (χ0v) is 19.7. The average Bonchev–Trinajstić information content (AvgIpc) is 3.32. The third-order valence-electron chi connectivity index (χ3n) is 5.85. The molecule has 0 saturated heterocycles. The fourth-order valence-corrected chi connectivity index (χ4v) is 3.76. The number of pyridine rings is 2. The van der Waals surface area contributed by atoms with E-state index >= 15 is 0 Å². The Morgan fingerprint density at radius 2 is 1.68 bits per heavy atom. The molecule has 3 heterocycles. The number of alkyl halides is 3. The van der Waals surface area contributed by atoms with E-state index in [1.165, 1.54) is 11.6 Å². The summed E-state index contributed by atoms with van der Waals surface area (Å²) in [4.78, 5) is 12.4. The molecule has 0 aliphatic heterocycles. The number of aromatic nitrogens is 3. The Bertz CT molecular complexity index is 1500. The second-order valence-corrected chi connectivity index (χ2v) is 8.65. The number of fused-ring (bicyclic) bond motifs is 1. The van der Waals surface area contributed by atoms with E-state index in [1.54, 1.807) is 18.3 Å². The van der Waals surface area contributed by atoms with E-state index in [0.29, 0.717) is 29.8 Å². The van der Waals surface area contributed by atoms with Crippen molar-refractivity contribution < 1.29 is 27.4 Å². The summed E-state index contributed by atoms with van der Waals surface area (Å²) in [5, 5.41) is 10.6. The minimum Gasteiger partial charge on any atom is -0.439 e. The minimum atomic E-state index is -4.45. The maximum absolute atomic E-state index is 12.7. The molecule has 2 aromatic carbocycles. The van der Waals surface area contributed by atoms with Gasteiger partial charge in [0.05, 0.1) is 5.56 Å². The van der Waals surface area contributed by atoms with Crippen molar-refractivity contribution in [2.24, 2.45) is 0 Å². The monoisotopic (exact) mass is 505 g/mol. The molecule has 0 amide bonds. The zero-order chi connectivity index (χ0) is 26.0. The number of oxazole rings is 1. The van der Waals surface area contributed by atoms with Crippen molar-refractivity contribution in [1.29, 1.82) is 0 Å². The number of aliphatic hydroxyl groups excluding tert-OH is 1. The van der Waals surface area contributed by atoms with E-state index in [2.05, 4.69) is 15.0 Å². The molecule has 1 unspecified atom stereocenters. The van der Waals surface area contributed by atoms with Gasteiger partial charge in [0.25, 0.3) is 0 Å². The van der Waals surface area contributed by atoms with Gasteiger partial charge in [0.2, 0.25) is 11.8 Å². The van der Waals surface area contributed by atoms with Crippen LogP contribution in [0.2, 0.25) is 0 Å². The predicted molar refractivity (Wildman–Crippen MR) is 131 cm³/mol. The fraction of sp³-hybridized carbons (Fsp3) is 0.179. The molecule has 188 valence electrons. The Morgan fingerprint density at radius 1 is 0.919 bits per heavy atom. The summed E-state index contributed by atoms with van der Waals surface area (Å²) in [6, 6.07) is 19.0. The van der Waals surface area contributed by atoms with E-state index in [1.807, 2.05) is 49.4 Å². The van der Waals surface area contributed by atoms with Crippen LogP contribution in [0.3, 0.4) is 0 Å². The van der Waals surface area contributed by atoms with Crippen LogP contribution in [0.1, 0.15) is 35.1 Å². The lowest BCUT2D eigenvalue weighted by Gasteiger charge is -2.09. The first-order valence-corrected chi connectivity index (χ1v) is 11.6. The van der Waals surface area contributed by atoms with Gasteiger partial charge in [0.15, 0.2) is 11.2 Å². The van der Waals surface area contributed by atoms with Crippen molar-refractivity contribution in [3.8, 4) is 22.8 Å². The molecule has 0 fully saturated rings. The molecular formula is C28H22F3N3O3. The Kier molecular flexibility index (Phi) is 6.62. The number of ether oxygens (including phenoxy) is 1. The highest BCUT2D eigenvalue weighted by Gasteiger charge is 2.30. The van der Waals surface area contributed by atoms with Crippen LogP contribution >= 0.6 is 0 Å². The standard InChI is InChI=1S/C28H22F3N3O3/c1-17-2-7-19(8-3-17)20-14-24-26(33-15-20)34-27(37-24)23(35)12-6-18-4-10-22(11-5-18)36-25-13-9-21(16-32-25)28(29,30)31/h2-5,7-11,13-16,23,35H,6,12H2,1H3. The number of hydrogen-bond acceptors (Lipinski definition) is 6. The molecule has 9 heteroatoms. The molecule has 5 aromatic rings. The molecule has 1 N–H and O–H groups in total. The fourth-order valence-electron chi connectivity index (χ4n) is 3.76. The normalized spacial score (nSPS) is 12.6. The second-order valence-electron chi connectivity index (χ2n) is 8.65. The summed E-state index contributed by atoms with van der Waals surface area (Å²) in [5.74, 6) is 0.703. The molecule has 0 aliphatic carbocycles. The number of nitrogens with zero attached hydrogens (tertiary/aromatic N) is 3. The largest absolute Gasteiger partial charge is 0.439 e. The van der Waals surface area contributed by atoms with Crippen molar-refractivity contribution in [1.82, 2.24) is 15.0 Å². The smallest absolute Gasteiger partial charge is 0.417 e. The van der Waals surface area contributed by atoms with Crippen molar-refractivity contribution in [3.63, 3.8) is 0 Å². The minimum absolute atomic E-state index is 0.0614. The van der Waals surface area contributed by atoms with Crippen LogP contribution in [-0.4, -0.2) is 20.1 Å². The lowest BCUT2D eigenvalue weighted by Crippen LogP contribution is -2.05. The highest BCUT2D eigenvalue weighted by molar-refractivity contribution is 5.76. The number of benzene rings is 2. The number of halogens is 3. The molecular weight excluding hydrogens is 483 g/mol. The maximum atomic E-state index is 12.7. The molecule has 5 rings (SSSR count). The zero-order valence-electron chi connectivity index (χ0n) is 19.7. The van der Waals surface area contributed by atoms with Gasteiger partial charge in [-0.2, -0.15) is 18.2 Å². The van der Waals surface area contributed by atoms with Crippen molar-refractivity contribution in [2.75, 3.05) is 0 Å². The van der Waals surface area contributed by atoms with Crippen LogP contribution in [0.5, 0.6) is 11.6 Å². The van der Waals surface area contributed by atoms with Gasteiger partial charge >= 0.3 is 6.18 Å². The molecule has 3 aromatic heterocycles. The van der Waals surface area contributed by atoms with E-state index in [4.69, 9.17) is 9.15 Å². The predicted octanol–water partition coefficient (Wildman–Crippen LogP) is 7.07. The molecule has 0 saturated carbocycles.